The lowest BCUT2D eigenvalue weighted by atomic mass is 10.0. The van der Waals surface area contributed by atoms with Crippen LogP contribution in [0.4, 0.5) is 0 Å². The van der Waals surface area contributed by atoms with Crippen LogP contribution in [0.15, 0.2) is 65.5 Å². The highest BCUT2D eigenvalue weighted by atomic mass is 32.1. The van der Waals surface area contributed by atoms with Gasteiger partial charge in [0.2, 0.25) is 0 Å². The third kappa shape index (κ3) is 3.62. The van der Waals surface area contributed by atoms with Gasteiger partial charge in [-0.15, -0.1) is 0 Å². The molecule has 0 bridgehead atoms. The van der Waals surface area contributed by atoms with E-state index in [2.05, 4.69) is 51.1 Å². The molecule has 0 unspecified atom stereocenters. The number of furan rings is 1. The van der Waals surface area contributed by atoms with Gasteiger partial charge in [0.15, 0.2) is 5.11 Å². The van der Waals surface area contributed by atoms with Gasteiger partial charge in [-0.1, -0.05) is 19.4 Å². The molecule has 6 heteroatoms. The summed E-state index contributed by atoms with van der Waals surface area (Å²) in [6, 6.07) is 14.4. The van der Waals surface area contributed by atoms with Gasteiger partial charge in [0.1, 0.15) is 5.76 Å². The number of rotatable bonds is 7. The van der Waals surface area contributed by atoms with E-state index in [0.717, 1.165) is 36.0 Å². The molecule has 0 radical (unpaired) electrons. The van der Waals surface area contributed by atoms with Crippen LogP contribution in [0.1, 0.15) is 49.0 Å². The van der Waals surface area contributed by atoms with Crippen LogP contribution in [-0.4, -0.2) is 26.1 Å². The van der Waals surface area contributed by atoms with Gasteiger partial charge in [0, 0.05) is 24.6 Å². The SMILES string of the molecule is CCCCN1C(=S)N[C@H](c2ccccn2)[C@@H]1c1cccn1Cc1ccco1. The molecule has 4 rings (SSSR count). The molecule has 1 fully saturated rings. The van der Waals surface area contributed by atoms with Gasteiger partial charge in [-0.05, 0) is 55.0 Å². The van der Waals surface area contributed by atoms with Crippen LogP contribution < -0.4 is 5.32 Å². The first-order chi connectivity index (χ1) is 13.3. The number of pyridine rings is 1. The first-order valence-electron chi connectivity index (χ1n) is 9.43. The predicted molar refractivity (Wildman–Crippen MR) is 109 cm³/mol. The van der Waals surface area contributed by atoms with E-state index in [4.69, 9.17) is 16.6 Å². The van der Waals surface area contributed by atoms with Crippen molar-refractivity contribution in [3.63, 3.8) is 0 Å². The van der Waals surface area contributed by atoms with Gasteiger partial charge in [-0.3, -0.25) is 4.98 Å². The smallest absolute Gasteiger partial charge is 0.170 e. The zero-order valence-electron chi connectivity index (χ0n) is 15.4. The summed E-state index contributed by atoms with van der Waals surface area (Å²) in [5, 5.41) is 4.31. The Morgan fingerprint density at radius 2 is 2.11 bits per heavy atom. The maximum atomic E-state index is 5.70. The lowest BCUT2D eigenvalue weighted by Crippen LogP contribution is -2.31. The molecule has 0 aliphatic carbocycles. The number of nitrogens with one attached hydrogen (secondary N) is 1. The van der Waals surface area contributed by atoms with Crippen LogP contribution in [0, 0.1) is 0 Å². The Bertz CT molecular complexity index is 875. The molecule has 1 aliphatic heterocycles. The van der Waals surface area contributed by atoms with Crippen LogP contribution in [0.5, 0.6) is 0 Å². The van der Waals surface area contributed by atoms with Crippen molar-refractivity contribution < 1.29 is 4.42 Å². The second-order valence-corrected chi connectivity index (χ2v) is 7.20. The summed E-state index contributed by atoms with van der Waals surface area (Å²) in [5.41, 5.74) is 2.22. The quantitative estimate of drug-likeness (QED) is 0.619. The maximum Gasteiger partial charge on any atom is 0.170 e. The van der Waals surface area contributed by atoms with Gasteiger partial charge >= 0.3 is 0 Å². The normalized spacial score (nSPS) is 19.4. The molecule has 1 saturated heterocycles. The Hall–Kier alpha value is -2.60. The molecular formula is C21H24N4OS. The number of hydrogen-bond acceptors (Lipinski definition) is 3. The van der Waals surface area contributed by atoms with Crippen LogP contribution in [0.3, 0.4) is 0 Å². The molecule has 3 aromatic heterocycles. The Morgan fingerprint density at radius 1 is 1.19 bits per heavy atom. The molecule has 3 aromatic rings. The second-order valence-electron chi connectivity index (χ2n) is 6.81. The van der Waals surface area contributed by atoms with E-state index in [1.165, 1.54) is 5.69 Å². The second kappa shape index (κ2) is 7.96. The number of thiocarbonyl (C=S) groups is 1. The Balaban J connectivity index is 1.71. The minimum Gasteiger partial charge on any atom is -0.467 e. The number of hydrogen-bond donors (Lipinski definition) is 1. The number of aromatic nitrogens is 2. The molecule has 0 amide bonds. The monoisotopic (exact) mass is 380 g/mol. The summed E-state index contributed by atoms with van der Waals surface area (Å²) in [4.78, 5) is 6.91. The van der Waals surface area contributed by atoms with Gasteiger partial charge < -0.3 is 19.2 Å². The first-order valence-corrected chi connectivity index (χ1v) is 9.84. The first kappa shape index (κ1) is 17.8. The largest absolute Gasteiger partial charge is 0.467 e. The third-order valence-electron chi connectivity index (χ3n) is 5.02. The molecule has 1 N–H and O–H groups in total. The standard InChI is InChI=1S/C21H24N4OS/c1-2-3-13-25-20(19(23-21(25)27)17-9-4-5-11-22-17)18-10-6-12-24(18)15-16-8-7-14-26-16/h4-12,14,19-20H,2-3,13,15H2,1H3,(H,23,27)/t19-,20+/m1/s1. The van der Waals surface area contributed by atoms with E-state index >= 15 is 0 Å². The zero-order chi connectivity index (χ0) is 18.6. The highest BCUT2D eigenvalue weighted by molar-refractivity contribution is 7.80. The molecule has 0 spiro atoms. The van der Waals surface area contributed by atoms with Crippen molar-refractivity contribution in [3.05, 3.63) is 78.3 Å². The third-order valence-corrected chi connectivity index (χ3v) is 5.38. The van der Waals surface area contributed by atoms with Gasteiger partial charge in [-0.2, -0.15) is 0 Å². The fraction of sp³-hybridized carbons (Fsp3) is 0.333. The molecule has 27 heavy (non-hydrogen) atoms. The van der Waals surface area contributed by atoms with E-state index < -0.39 is 0 Å². The molecule has 2 atom stereocenters. The summed E-state index contributed by atoms with van der Waals surface area (Å²) >= 11 is 5.70. The van der Waals surface area contributed by atoms with E-state index in [1.54, 1.807) is 6.26 Å². The van der Waals surface area contributed by atoms with E-state index in [9.17, 15) is 0 Å². The molecule has 5 nitrogen and oxygen atoms in total. The van der Waals surface area contributed by atoms with Crippen LogP contribution in [-0.2, 0) is 6.54 Å². The number of nitrogens with zero attached hydrogens (tertiary/aromatic N) is 3. The van der Waals surface area contributed by atoms with E-state index in [1.807, 2.05) is 30.5 Å². The minimum absolute atomic E-state index is 0.0285. The van der Waals surface area contributed by atoms with E-state index in [0.29, 0.717) is 6.54 Å². The van der Waals surface area contributed by atoms with Crippen LogP contribution >= 0.6 is 12.2 Å². The van der Waals surface area contributed by atoms with Crippen molar-refractivity contribution in [2.24, 2.45) is 0 Å². The molecule has 0 aromatic carbocycles. The maximum absolute atomic E-state index is 5.70. The average molecular weight is 381 g/mol. The summed E-state index contributed by atoms with van der Waals surface area (Å²) < 4.78 is 7.80. The number of unbranched alkanes of at least 4 members (excludes halogenated alkanes) is 1. The van der Waals surface area contributed by atoms with E-state index in [-0.39, 0.29) is 12.1 Å². The van der Waals surface area contributed by atoms with Crippen molar-refractivity contribution in [2.75, 3.05) is 6.54 Å². The average Bonchev–Trinajstić information content (AvgIpc) is 3.42. The van der Waals surface area contributed by atoms with Crippen LogP contribution in [0.25, 0.3) is 0 Å². The summed E-state index contributed by atoms with van der Waals surface area (Å²) in [6.07, 6.45) is 7.90. The molecular weight excluding hydrogens is 356 g/mol. The van der Waals surface area contributed by atoms with Crippen molar-refractivity contribution in [3.8, 4) is 0 Å². The molecule has 1 aliphatic rings. The highest BCUT2D eigenvalue weighted by Crippen LogP contribution is 2.39. The highest BCUT2D eigenvalue weighted by Gasteiger charge is 2.40. The van der Waals surface area contributed by atoms with Crippen LogP contribution in [0.2, 0.25) is 0 Å². The summed E-state index contributed by atoms with van der Waals surface area (Å²) in [6.45, 7) is 3.84. The van der Waals surface area contributed by atoms with Gasteiger partial charge in [0.25, 0.3) is 0 Å². The van der Waals surface area contributed by atoms with Crippen molar-refractivity contribution in [1.82, 2.24) is 19.8 Å². The van der Waals surface area contributed by atoms with Crippen molar-refractivity contribution >= 4 is 17.3 Å². The van der Waals surface area contributed by atoms with Crippen molar-refractivity contribution in [1.29, 1.82) is 0 Å². The van der Waals surface area contributed by atoms with Crippen molar-refractivity contribution in [2.45, 2.75) is 38.4 Å². The molecule has 140 valence electrons. The Morgan fingerprint density at radius 3 is 2.85 bits per heavy atom. The lowest BCUT2D eigenvalue weighted by Gasteiger charge is -2.28. The lowest BCUT2D eigenvalue weighted by molar-refractivity contribution is 0.299. The fourth-order valence-corrected chi connectivity index (χ4v) is 4.04. The van der Waals surface area contributed by atoms with Gasteiger partial charge in [-0.25, -0.2) is 0 Å². The topological polar surface area (TPSA) is 46.2 Å². The van der Waals surface area contributed by atoms with Gasteiger partial charge in [0.05, 0.1) is 30.6 Å². The Labute approximate surface area is 165 Å². The Kier molecular flexibility index (Phi) is 5.25. The zero-order valence-corrected chi connectivity index (χ0v) is 16.2. The molecule has 4 heterocycles. The summed E-state index contributed by atoms with van der Waals surface area (Å²) in [5.74, 6) is 0.940. The predicted octanol–water partition coefficient (Wildman–Crippen LogP) is 4.30. The minimum atomic E-state index is 0.0285. The summed E-state index contributed by atoms with van der Waals surface area (Å²) in [7, 11) is 0. The molecule has 0 saturated carbocycles. The fourth-order valence-electron chi connectivity index (χ4n) is 3.71.